The van der Waals surface area contributed by atoms with E-state index in [9.17, 15) is 4.79 Å². The summed E-state index contributed by atoms with van der Waals surface area (Å²) in [5.74, 6) is 1.24. The van der Waals surface area contributed by atoms with Crippen molar-refractivity contribution in [3.8, 4) is 0 Å². The molecular formula is C19H25N3OS2. The second-order valence-electron chi connectivity index (χ2n) is 6.75. The van der Waals surface area contributed by atoms with Crippen LogP contribution in [-0.2, 0) is 11.3 Å². The summed E-state index contributed by atoms with van der Waals surface area (Å²) in [6, 6.07) is 8.23. The Morgan fingerprint density at radius 2 is 2.04 bits per heavy atom. The van der Waals surface area contributed by atoms with Gasteiger partial charge in [0.2, 0.25) is 5.91 Å². The first kappa shape index (κ1) is 18.4. The fourth-order valence-electron chi connectivity index (χ4n) is 2.83. The van der Waals surface area contributed by atoms with Gasteiger partial charge < -0.3 is 5.32 Å². The molecule has 1 aromatic heterocycles. The number of aryl methyl sites for hydroxylation is 1. The molecule has 25 heavy (non-hydrogen) atoms. The van der Waals surface area contributed by atoms with Crippen LogP contribution in [0, 0.1) is 12.8 Å². The molecule has 134 valence electrons. The molecule has 1 saturated heterocycles. The second kappa shape index (κ2) is 8.83. The summed E-state index contributed by atoms with van der Waals surface area (Å²) in [5.41, 5.74) is 2.29. The minimum atomic E-state index is -0.00160. The normalized spacial score (nSPS) is 16.1. The molecule has 3 rings (SSSR count). The van der Waals surface area contributed by atoms with Gasteiger partial charge in [0.15, 0.2) is 5.13 Å². The molecule has 1 aliphatic rings. The summed E-state index contributed by atoms with van der Waals surface area (Å²) in [5, 5.41) is 5.68. The molecule has 1 fully saturated rings. The van der Waals surface area contributed by atoms with Crippen LogP contribution in [0.3, 0.4) is 0 Å². The first-order chi connectivity index (χ1) is 12.1. The number of anilines is 1. The monoisotopic (exact) mass is 375 g/mol. The van der Waals surface area contributed by atoms with Crippen molar-refractivity contribution in [3.05, 3.63) is 40.9 Å². The maximum atomic E-state index is 12.1. The zero-order valence-corrected chi connectivity index (χ0v) is 16.5. The van der Waals surface area contributed by atoms with Crippen molar-refractivity contribution in [3.63, 3.8) is 0 Å². The summed E-state index contributed by atoms with van der Waals surface area (Å²) in [6.45, 7) is 7.56. The predicted octanol–water partition coefficient (Wildman–Crippen LogP) is 4.41. The number of thiazole rings is 1. The summed E-state index contributed by atoms with van der Waals surface area (Å²) in [6.07, 6.45) is 2.54. The van der Waals surface area contributed by atoms with Gasteiger partial charge in [-0.2, -0.15) is 0 Å². The number of carbonyl (C=O) groups is 1. The number of thioether (sulfide) groups is 1. The molecule has 0 spiro atoms. The van der Waals surface area contributed by atoms with E-state index in [0.29, 0.717) is 10.9 Å². The SMILES string of the molecule is Cc1ccc(SCC(=O)Nc2nc(CN3CCC(C)CC3)cs2)cc1. The van der Waals surface area contributed by atoms with Crippen LogP contribution in [0.5, 0.6) is 0 Å². The van der Waals surface area contributed by atoms with Gasteiger partial charge in [-0.1, -0.05) is 24.6 Å². The van der Waals surface area contributed by atoms with E-state index in [1.165, 1.54) is 29.7 Å². The van der Waals surface area contributed by atoms with Crippen molar-refractivity contribution in [1.29, 1.82) is 0 Å². The molecule has 0 aliphatic carbocycles. The van der Waals surface area contributed by atoms with E-state index in [-0.39, 0.29) is 5.91 Å². The number of hydrogen-bond donors (Lipinski definition) is 1. The lowest BCUT2D eigenvalue weighted by molar-refractivity contribution is -0.113. The van der Waals surface area contributed by atoms with Gasteiger partial charge in [0.25, 0.3) is 0 Å². The van der Waals surface area contributed by atoms with Gasteiger partial charge in [-0.15, -0.1) is 23.1 Å². The molecule has 2 aromatic rings. The summed E-state index contributed by atoms with van der Waals surface area (Å²) in [4.78, 5) is 20.2. The summed E-state index contributed by atoms with van der Waals surface area (Å²) >= 11 is 3.06. The Kier molecular flexibility index (Phi) is 6.51. The van der Waals surface area contributed by atoms with Gasteiger partial charge in [0, 0.05) is 16.8 Å². The van der Waals surface area contributed by atoms with E-state index in [0.717, 1.165) is 36.1 Å². The van der Waals surface area contributed by atoms with Gasteiger partial charge >= 0.3 is 0 Å². The molecule has 2 heterocycles. The molecule has 6 heteroatoms. The van der Waals surface area contributed by atoms with Crippen LogP contribution in [-0.4, -0.2) is 34.6 Å². The van der Waals surface area contributed by atoms with Gasteiger partial charge in [-0.3, -0.25) is 9.69 Å². The smallest absolute Gasteiger partial charge is 0.236 e. The van der Waals surface area contributed by atoms with Crippen LogP contribution in [0.2, 0.25) is 0 Å². The lowest BCUT2D eigenvalue weighted by Crippen LogP contribution is -2.32. The molecule has 4 nitrogen and oxygen atoms in total. The minimum Gasteiger partial charge on any atom is -0.301 e. The Morgan fingerprint density at radius 1 is 1.32 bits per heavy atom. The fraction of sp³-hybridized carbons (Fsp3) is 0.474. The van der Waals surface area contributed by atoms with Crippen molar-refractivity contribution < 1.29 is 4.79 Å². The number of benzene rings is 1. The quantitative estimate of drug-likeness (QED) is 0.760. The highest BCUT2D eigenvalue weighted by Crippen LogP contribution is 2.22. The van der Waals surface area contributed by atoms with Crippen LogP contribution < -0.4 is 5.32 Å². The van der Waals surface area contributed by atoms with Gasteiger partial charge in [-0.25, -0.2) is 4.98 Å². The van der Waals surface area contributed by atoms with Crippen molar-refractivity contribution in [2.45, 2.75) is 38.1 Å². The summed E-state index contributed by atoms with van der Waals surface area (Å²) in [7, 11) is 0. The zero-order chi connectivity index (χ0) is 17.6. The first-order valence-corrected chi connectivity index (χ1v) is 10.6. The number of likely N-dealkylation sites (tertiary alicyclic amines) is 1. The molecule has 0 atom stereocenters. The van der Waals surface area contributed by atoms with E-state index >= 15 is 0 Å². The molecule has 0 unspecified atom stereocenters. The Balaban J connectivity index is 1.44. The molecule has 0 saturated carbocycles. The topological polar surface area (TPSA) is 45.2 Å². The number of hydrogen-bond acceptors (Lipinski definition) is 5. The third-order valence-electron chi connectivity index (χ3n) is 4.45. The lowest BCUT2D eigenvalue weighted by atomic mass is 9.99. The van der Waals surface area contributed by atoms with E-state index in [1.807, 2.05) is 12.1 Å². The Bertz CT molecular complexity index is 691. The van der Waals surface area contributed by atoms with Crippen LogP contribution in [0.25, 0.3) is 0 Å². The fourth-order valence-corrected chi connectivity index (χ4v) is 4.24. The van der Waals surface area contributed by atoms with Crippen molar-refractivity contribution >= 4 is 34.1 Å². The number of amides is 1. The Morgan fingerprint density at radius 3 is 2.76 bits per heavy atom. The van der Waals surface area contributed by atoms with Gasteiger partial charge in [0.05, 0.1) is 11.4 Å². The van der Waals surface area contributed by atoms with Gasteiger partial charge in [-0.05, 0) is 50.9 Å². The molecule has 0 bridgehead atoms. The number of piperidine rings is 1. The average molecular weight is 376 g/mol. The number of carbonyl (C=O) groups excluding carboxylic acids is 1. The van der Waals surface area contributed by atoms with Crippen LogP contribution in [0.1, 0.15) is 31.0 Å². The molecule has 1 aromatic carbocycles. The molecule has 0 radical (unpaired) electrons. The molecular weight excluding hydrogens is 350 g/mol. The standard InChI is InChI=1S/C19H25N3OS2/c1-14-3-5-17(6-4-14)24-13-18(23)21-19-20-16(12-25-19)11-22-9-7-15(2)8-10-22/h3-6,12,15H,7-11,13H2,1-2H3,(H,20,21,23). The van der Waals surface area contributed by atoms with E-state index in [2.05, 4.69) is 46.6 Å². The van der Waals surface area contributed by atoms with E-state index in [1.54, 1.807) is 11.8 Å². The number of rotatable bonds is 6. The highest BCUT2D eigenvalue weighted by Gasteiger charge is 2.17. The Hall–Kier alpha value is -1.37. The third kappa shape index (κ3) is 5.83. The minimum absolute atomic E-state index is 0.00160. The van der Waals surface area contributed by atoms with Crippen LogP contribution in [0.4, 0.5) is 5.13 Å². The molecule has 1 N–H and O–H groups in total. The maximum absolute atomic E-state index is 12.1. The highest BCUT2D eigenvalue weighted by atomic mass is 32.2. The van der Waals surface area contributed by atoms with Crippen molar-refractivity contribution in [2.24, 2.45) is 5.92 Å². The van der Waals surface area contributed by atoms with Crippen LogP contribution in [0.15, 0.2) is 34.5 Å². The van der Waals surface area contributed by atoms with Crippen molar-refractivity contribution in [1.82, 2.24) is 9.88 Å². The number of aromatic nitrogens is 1. The number of nitrogens with zero attached hydrogens (tertiary/aromatic N) is 2. The van der Waals surface area contributed by atoms with Crippen molar-refractivity contribution in [2.75, 3.05) is 24.2 Å². The maximum Gasteiger partial charge on any atom is 0.236 e. The van der Waals surface area contributed by atoms with E-state index < -0.39 is 0 Å². The third-order valence-corrected chi connectivity index (χ3v) is 6.27. The first-order valence-electron chi connectivity index (χ1n) is 8.74. The summed E-state index contributed by atoms with van der Waals surface area (Å²) < 4.78 is 0. The predicted molar refractivity (Wildman–Crippen MR) is 106 cm³/mol. The van der Waals surface area contributed by atoms with E-state index in [4.69, 9.17) is 0 Å². The second-order valence-corrected chi connectivity index (χ2v) is 8.66. The van der Waals surface area contributed by atoms with Crippen LogP contribution >= 0.6 is 23.1 Å². The average Bonchev–Trinajstić information content (AvgIpc) is 3.03. The molecule has 1 amide bonds. The largest absolute Gasteiger partial charge is 0.301 e. The lowest BCUT2D eigenvalue weighted by Gasteiger charge is -2.29. The van der Waals surface area contributed by atoms with Gasteiger partial charge in [0.1, 0.15) is 0 Å². The Labute approximate surface area is 158 Å². The zero-order valence-electron chi connectivity index (χ0n) is 14.8. The highest BCUT2D eigenvalue weighted by molar-refractivity contribution is 8.00. The molecule has 1 aliphatic heterocycles. The number of nitrogens with one attached hydrogen (secondary N) is 1.